The number of hydrogen-bond donors (Lipinski definition) is 1. The molecule has 30 heavy (non-hydrogen) atoms. The maximum Gasteiger partial charge on any atom is 0.296 e. The number of ether oxygens (including phenoxy) is 1. The predicted molar refractivity (Wildman–Crippen MR) is 122 cm³/mol. The van der Waals surface area contributed by atoms with Crippen LogP contribution in [0.4, 0.5) is 5.69 Å². The van der Waals surface area contributed by atoms with E-state index in [1.807, 2.05) is 49.6 Å². The second kappa shape index (κ2) is 8.76. The lowest BCUT2D eigenvalue weighted by Crippen LogP contribution is -2.27. The number of nitrogens with zero attached hydrogens (tertiary/aromatic N) is 4. The molecule has 0 aliphatic carbocycles. The van der Waals surface area contributed by atoms with E-state index in [0.29, 0.717) is 30.3 Å². The van der Waals surface area contributed by atoms with Crippen LogP contribution in [0.5, 0.6) is 5.75 Å². The van der Waals surface area contributed by atoms with E-state index in [1.165, 1.54) is 5.01 Å². The Bertz CT molecular complexity index is 1120. The minimum absolute atomic E-state index is 0.251. The van der Waals surface area contributed by atoms with Crippen molar-refractivity contribution in [1.82, 2.24) is 9.99 Å². The van der Waals surface area contributed by atoms with Gasteiger partial charge in [0.25, 0.3) is 5.91 Å². The lowest BCUT2D eigenvalue weighted by molar-refractivity contribution is -0.123. The average molecular weight is 440 g/mol. The van der Waals surface area contributed by atoms with Gasteiger partial charge < -0.3 is 4.74 Å². The van der Waals surface area contributed by atoms with E-state index in [2.05, 4.69) is 21.7 Å². The van der Waals surface area contributed by atoms with E-state index >= 15 is 0 Å². The van der Waals surface area contributed by atoms with Crippen LogP contribution in [-0.4, -0.2) is 33.9 Å². The van der Waals surface area contributed by atoms with Crippen LogP contribution in [0.25, 0.3) is 10.6 Å². The van der Waals surface area contributed by atoms with Gasteiger partial charge in [-0.15, -0.1) is 22.7 Å². The fourth-order valence-corrected chi connectivity index (χ4v) is 4.80. The number of nitrogens with one attached hydrogen (secondary N) is 1. The third-order valence-electron chi connectivity index (χ3n) is 4.41. The Morgan fingerprint density at radius 3 is 2.80 bits per heavy atom. The minimum atomic E-state index is -0.251. The number of anilines is 1. The Morgan fingerprint density at radius 2 is 2.03 bits per heavy atom. The third-order valence-corrected chi connectivity index (χ3v) is 6.24. The van der Waals surface area contributed by atoms with Crippen molar-refractivity contribution in [3.63, 3.8) is 0 Å². The Hall–Kier alpha value is -3.04. The van der Waals surface area contributed by atoms with Crippen molar-refractivity contribution in [2.75, 3.05) is 12.0 Å². The van der Waals surface area contributed by atoms with Gasteiger partial charge in [-0.05, 0) is 44.4 Å². The van der Waals surface area contributed by atoms with E-state index in [-0.39, 0.29) is 11.6 Å². The molecule has 0 spiro atoms. The molecule has 3 heterocycles. The molecule has 9 heteroatoms. The van der Waals surface area contributed by atoms with Gasteiger partial charge >= 0.3 is 0 Å². The summed E-state index contributed by atoms with van der Waals surface area (Å²) in [6.07, 6.45) is 0. The van der Waals surface area contributed by atoms with Crippen LogP contribution in [0.2, 0.25) is 0 Å². The Balaban J connectivity index is 1.49. The number of amides is 1. The molecular weight excluding hydrogens is 418 g/mol. The second-order valence-corrected chi connectivity index (χ2v) is 8.77. The molecular formula is C21H21N5O2S2. The Morgan fingerprint density at radius 1 is 1.20 bits per heavy atom. The molecule has 7 nitrogen and oxygen atoms in total. The van der Waals surface area contributed by atoms with E-state index in [0.717, 1.165) is 20.5 Å². The summed E-state index contributed by atoms with van der Waals surface area (Å²) in [5.41, 5.74) is 5.46. The number of carbonyl (C=O) groups is 1. The quantitative estimate of drug-likeness (QED) is 0.538. The monoisotopic (exact) mass is 439 g/mol. The molecule has 3 aromatic rings. The molecule has 0 saturated carbocycles. The highest BCUT2D eigenvalue weighted by Gasteiger charge is 2.30. The summed E-state index contributed by atoms with van der Waals surface area (Å²) < 4.78 is 5.59. The van der Waals surface area contributed by atoms with Gasteiger partial charge in [0.15, 0.2) is 5.71 Å². The average Bonchev–Trinajstić information content (AvgIpc) is 3.43. The van der Waals surface area contributed by atoms with Gasteiger partial charge in [-0.2, -0.15) is 10.2 Å². The highest BCUT2D eigenvalue weighted by Crippen LogP contribution is 2.31. The highest BCUT2D eigenvalue weighted by molar-refractivity contribution is 7.15. The zero-order chi connectivity index (χ0) is 21.1. The first kappa shape index (κ1) is 20.2. The van der Waals surface area contributed by atoms with Gasteiger partial charge in [-0.1, -0.05) is 18.2 Å². The molecule has 1 aliphatic heterocycles. The van der Waals surface area contributed by atoms with Crippen molar-refractivity contribution >= 4 is 45.7 Å². The van der Waals surface area contributed by atoms with Crippen LogP contribution in [0.1, 0.15) is 23.7 Å². The molecule has 154 valence electrons. The van der Waals surface area contributed by atoms with Crippen molar-refractivity contribution in [2.45, 2.75) is 27.3 Å². The standard InChI is InChI=1S/C21H21N5O2S2/c1-4-28-16-9-6-5-8-15(16)23-24-19-13(2)25-26(21(19)27)12-18-22-20(14(3)30-18)17-10-7-11-29-17/h5-11,23H,4,12H2,1-3H3/b24-19+. The molecule has 0 unspecified atom stereocenters. The van der Waals surface area contributed by atoms with Gasteiger partial charge in [-0.25, -0.2) is 9.99 Å². The van der Waals surface area contributed by atoms with Gasteiger partial charge in [-0.3, -0.25) is 10.2 Å². The van der Waals surface area contributed by atoms with Crippen LogP contribution in [0.15, 0.2) is 52.0 Å². The number of hydrogen-bond acceptors (Lipinski definition) is 8. The van der Waals surface area contributed by atoms with Crippen LogP contribution >= 0.6 is 22.7 Å². The molecule has 1 amide bonds. The van der Waals surface area contributed by atoms with Crippen molar-refractivity contribution in [1.29, 1.82) is 0 Å². The van der Waals surface area contributed by atoms with Gasteiger partial charge in [0.05, 0.1) is 35.1 Å². The summed E-state index contributed by atoms with van der Waals surface area (Å²) in [5, 5.41) is 13.0. The van der Waals surface area contributed by atoms with Crippen molar-refractivity contribution in [2.24, 2.45) is 10.2 Å². The maximum absolute atomic E-state index is 12.9. The number of para-hydroxylation sites is 2. The van der Waals surface area contributed by atoms with Gasteiger partial charge in [0.1, 0.15) is 10.8 Å². The zero-order valence-corrected chi connectivity index (χ0v) is 18.5. The molecule has 0 bridgehead atoms. The third kappa shape index (κ3) is 4.12. The second-order valence-electron chi connectivity index (χ2n) is 6.54. The molecule has 1 aliphatic rings. The number of benzene rings is 1. The summed E-state index contributed by atoms with van der Waals surface area (Å²) in [6, 6.07) is 11.5. The number of hydrazone groups is 2. The lowest BCUT2D eigenvalue weighted by Gasteiger charge is -2.10. The molecule has 1 N–H and O–H groups in total. The van der Waals surface area contributed by atoms with Crippen molar-refractivity contribution < 1.29 is 9.53 Å². The first-order valence-electron chi connectivity index (χ1n) is 9.50. The molecule has 4 rings (SSSR count). The van der Waals surface area contributed by atoms with Gasteiger partial charge in [0.2, 0.25) is 0 Å². The smallest absolute Gasteiger partial charge is 0.296 e. The fourth-order valence-electron chi connectivity index (χ4n) is 3.03. The first-order valence-corrected chi connectivity index (χ1v) is 11.2. The number of carbonyl (C=O) groups excluding carboxylic acids is 1. The van der Waals surface area contributed by atoms with Crippen molar-refractivity contribution in [3.05, 3.63) is 51.7 Å². The summed E-state index contributed by atoms with van der Waals surface area (Å²) >= 11 is 3.24. The van der Waals surface area contributed by atoms with Crippen molar-refractivity contribution in [3.8, 4) is 16.3 Å². The number of aryl methyl sites for hydroxylation is 1. The predicted octanol–water partition coefficient (Wildman–Crippen LogP) is 4.76. The van der Waals surface area contributed by atoms with Crippen LogP contribution in [0.3, 0.4) is 0 Å². The van der Waals surface area contributed by atoms with E-state index in [9.17, 15) is 4.79 Å². The SMILES string of the molecule is CCOc1ccccc1N/N=C1/C(=O)N(Cc2nc(-c3cccs3)c(C)s2)N=C1C. The lowest BCUT2D eigenvalue weighted by atomic mass is 10.2. The topological polar surface area (TPSA) is 79.2 Å². The Labute approximate surface area is 182 Å². The van der Waals surface area contributed by atoms with Gasteiger partial charge in [0, 0.05) is 4.88 Å². The molecule has 2 aromatic heterocycles. The number of aromatic nitrogens is 1. The molecule has 1 aromatic carbocycles. The number of rotatable bonds is 7. The van der Waals surface area contributed by atoms with E-state index in [1.54, 1.807) is 29.6 Å². The van der Waals surface area contributed by atoms with Crippen LogP contribution < -0.4 is 10.2 Å². The fraction of sp³-hybridized carbons (Fsp3) is 0.238. The minimum Gasteiger partial charge on any atom is -0.492 e. The number of thiophene rings is 1. The molecule has 0 fully saturated rings. The largest absolute Gasteiger partial charge is 0.492 e. The van der Waals surface area contributed by atoms with Crippen LogP contribution in [0, 0.1) is 6.92 Å². The summed E-state index contributed by atoms with van der Waals surface area (Å²) in [7, 11) is 0. The first-order chi connectivity index (χ1) is 14.6. The highest BCUT2D eigenvalue weighted by atomic mass is 32.1. The maximum atomic E-state index is 12.9. The number of thiazole rings is 1. The summed E-state index contributed by atoms with van der Waals surface area (Å²) in [4.78, 5) is 19.8. The normalized spacial score (nSPS) is 15.0. The summed E-state index contributed by atoms with van der Waals surface area (Å²) in [5.74, 6) is 0.431. The van der Waals surface area contributed by atoms with E-state index < -0.39 is 0 Å². The Kier molecular flexibility index (Phi) is 5.91. The summed E-state index contributed by atoms with van der Waals surface area (Å²) in [6.45, 7) is 6.60. The molecule has 0 radical (unpaired) electrons. The van der Waals surface area contributed by atoms with E-state index in [4.69, 9.17) is 9.72 Å². The molecule has 0 saturated heterocycles. The zero-order valence-electron chi connectivity index (χ0n) is 16.9. The van der Waals surface area contributed by atoms with Crippen LogP contribution in [-0.2, 0) is 11.3 Å². The molecule has 0 atom stereocenters.